The second-order valence-electron chi connectivity index (χ2n) is 7.78. The van der Waals surface area contributed by atoms with Crippen LogP contribution < -0.4 is 5.32 Å². The summed E-state index contributed by atoms with van der Waals surface area (Å²) >= 11 is 0. The molecule has 1 heteroatoms. The summed E-state index contributed by atoms with van der Waals surface area (Å²) < 4.78 is 0. The molecule has 24 heavy (non-hydrogen) atoms. The molecule has 126 valence electrons. The molecular formula is C23H29N. The Hall–Kier alpha value is -2.02. The van der Waals surface area contributed by atoms with E-state index in [1.165, 1.54) is 38.9 Å². The summed E-state index contributed by atoms with van der Waals surface area (Å²) in [5.74, 6) is 1.07. The Bertz CT molecular complexity index is 761. The first-order valence-electron chi connectivity index (χ1n) is 9.05. The molecular weight excluding hydrogens is 290 g/mol. The molecule has 2 aromatic rings. The van der Waals surface area contributed by atoms with Gasteiger partial charge in [0.15, 0.2) is 0 Å². The number of hydrogen-bond acceptors (Lipinski definition) is 1. The summed E-state index contributed by atoms with van der Waals surface area (Å²) in [6.07, 6.45) is 4.36. The maximum Gasteiger partial charge on any atom is 0.0768 e. The van der Waals surface area contributed by atoms with Gasteiger partial charge >= 0.3 is 0 Å². The van der Waals surface area contributed by atoms with Crippen molar-refractivity contribution >= 4 is 6.08 Å². The van der Waals surface area contributed by atoms with Gasteiger partial charge in [-0.15, -0.1) is 0 Å². The standard InChI is InChI=1S/C23H29N/c1-14(2)18-12-21(15(3)4)20-7-8-24-23(22(20)13-18)19-10-16(5)9-17(6)11-19/h7-15,23-24H,1-6H3. The van der Waals surface area contributed by atoms with Crippen LogP contribution >= 0.6 is 0 Å². The Labute approximate surface area is 146 Å². The molecule has 1 nitrogen and oxygen atoms in total. The summed E-state index contributed by atoms with van der Waals surface area (Å²) in [4.78, 5) is 0. The van der Waals surface area contributed by atoms with Gasteiger partial charge in [-0.25, -0.2) is 0 Å². The van der Waals surface area contributed by atoms with Gasteiger partial charge in [0, 0.05) is 0 Å². The molecule has 0 saturated heterocycles. The van der Waals surface area contributed by atoms with E-state index in [0.717, 1.165) is 0 Å². The number of rotatable bonds is 3. The number of benzene rings is 2. The average molecular weight is 319 g/mol. The first-order valence-corrected chi connectivity index (χ1v) is 9.05. The molecule has 3 rings (SSSR count). The molecule has 1 aliphatic heterocycles. The molecule has 2 aromatic carbocycles. The third kappa shape index (κ3) is 3.13. The van der Waals surface area contributed by atoms with Crippen LogP contribution in [0.2, 0.25) is 0 Å². The van der Waals surface area contributed by atoms with Crippen molar-refractivity contribution < 1.29 is 0 Å². The van der Waals surface area contributed by atoms with Crippen LogP contribution in [0.4, 0.5) is 0 Å². The smallest absolute Gasteiger partial charge is 0.0768 e. The summed E-state index contributed by atoms with van der Waals surface area (Å²) in [5.41, 5.74) is 9.72. The van der Waals surface area contributed by atoms with Gasteiger partial charge in [0.25, 0.3) is 0 Å². The van der Waals surface area contributed by atoms with Crippen LogP contribution in [-0.4, -0.2) is 0 Å². The predicted molar refractivity (Wildman–Crippen MR) is 105 cm³/mol. The van der Waals surface area contributed by atoms with E-state index in [1.54, 1.807) is 0 Å². The molecule has 1 N–H and O–H groups in total. The molecule has 1 aliphatic rings. The summed E-state index contributed by atoms with van der Waals surface area (Å²) in [6.45, 7) is 13.5. The number of nitrogens with one attached hydrogen (secondary N) is 1. The Morgan fingerprint density at radius 2 is 1.50 bits per heavy atom. The van der Waals surface area contributed by atoms with Gasteiger partial charge in [0.05, 0.1) is 6.04 Å². The molecule has 0 aliphatic carbocycles. The van der Waals surface area contributed by atoms with E-state index in [4.69, 9.17) is 0 Å². The third-order valence-corrected chi connectivity index (χ3v) is 4.96. The Balaban J connectivity index is 2.20. The maximum atomic E-state index is 3.60. The lowest BCUT2D eigenvalue weighted by atomic mass is 9.82. The van der Waals surface area contributed by atoms with Crippen LogP contribution in [0.3, 0.4) is 0 Å². The van der Waals surface area contributed by atoms with Crippen LogP contribution in [0.5, 0.6) is 0 Å². The predicted octanol–water partition coefficient (Wildman–Crippen LogP) is 6.21. The number of hydrogen-bond donors (Lipinski definition) is 1. The lowest BCUT2D eigenvalue weighted by Gasteiger charge is -2.29. The van der Waals surface area contributed by atoms with Crippen molar-refractivity contribution in [1.29, 1.82) is 0 Å². The molecule has 0 spiro atoms. The van der Waals surface area contributed by atoms with Crippen LogP contribution in [-0.2, 0) is 0 Å². The van der Waals surface area contributed by atoms with Gasteiger partial charge in [0.2, 0.25) is 0 Å². The fraction of sp³-hybridized carbons (Fsp3) is 0.391. The first-order chi connectivity index (χ1) is 11.4. The van der Waals surface area contributed by atoms with Gasteiger partial charge in [-0.05, 0) is 65.8 Å². The van der Waals surface area contributed by atoms with E-state index < -0.39 is 0 Å². The van der Waals surface area contributed by atoms with E-state index in [-0.39, 0.29) is 6.04 Å². The van der Waals surface area contributed by atoms with Crippen molar-refractivity contribution in [2.45, 2.75) is 59.4 Å². The molecule has 1 atom stereocenters. The van der Waals surface area contributed by atoms with Gasteiger partial charge < -0.3 is 5.32 Å². The van der Waals surface area contributed by atoms with E-state index in [1.807, 2.05) is 0 Å². The molecule has 0 radical (unpaired) electrons. The average Bonchev–Trinajstić information content (AvgIpc) is 2.51. The van der Waals surface area contributed by atoms with E-state index >= 15 is 0 Å². The van der Waals surface area contributed by atoms with Gasteiger partial charge in [0.1, 0.15) is 0 Å². The third-order valence-electron chi connectivity index (χ3n) is 4.96. The second kappa shape index (κ2) is 6.47. The summed E-state index contributed by atoms with van der Waals surface area (Å²) in [7, 11) is 0. The van der Waals surface area contributed by atoms with Crippen molar-refractivity contribution in [3.05, 3.63) is 75.5 Å². The highest BCUT2D eigenvalue weighted by Gasteiger charge is 2.23. The van der Waals surface area contributed by atoms with Gasteiger partial charge in [-0.1, -0.05) is 69.2 Å². The lowest BCUT2D eigenvalue weighted by molar-refractivity contribution is 0.707. The maximum absolute atomic E-state index is 3.60. The molecule has 0 bridgehead atoms. The van der Waals surface area contributed by atoms with Crippen LogP contribution in [0, 0.1) is 13.8 Å². The van der Waals surface area contributed by atoms with Crippen LogP contribution in [0.25, 0.3) is 6.08 Å². The highest BCUT2D eigenvalue weighted by Crippen LogP contribution is 2.37. The highest BCUT2D eigenvalue weighted by molar-refractivity contribution is 5.64. The fourth-order valence-corrected chi connectivity index (χ4v) is 3.74. The zero-order chi connectivity index (χ0) is 17.4. The molecule has 0 saturated carbocycles. The first kappa shape index (κ1) is 16.8. The second-order valence-corrected chi connectivity index (χ2v) is 7.78. The summed E-state index contributed by atoms with van der Waals surface area (Å²) in [6, 6.07) is 11.9. The Kier molecular flexibility index (Phi) is 4.54. The van der Waals surface area contributed by atoms with Crippen molar-refractivity contribution in [1.82, 2.24) is 5.32 Å². The van der Waals surface area contributed by atoms with Gasteiger partial charge in [-0.2, -0.15) is 0 Å². The number of fused-ring (bicyclic) bond motifs is 1. The Morgan fingerprint density at radius 1 is 0.833 bits per heavy atom. The quantitative estimate of drug-likeness (QED) is 0.708. The molecule has 0 amide bonds. The van der Waals surface area contributed by atoms with Crippen molar-refractivity contribution in [3.63, 3.8) is 0 Å². The topological polar surface area (TPSA) is 12.0 Å². The summed E-state index contributed by atoms with van der Waals surface area (Å²) in [5, 5.41) is 3.60. The van der Waals surface area contributed by atoms with Crippen molar-refractivity contribution in [3.8, 4) is 0 Å². The van der Waals surface area contributed by atoms with Crippen LogP contribution in [0.1, 0.15) is 84.5 Å². The molecule has 0 aromatic heterocycles. The minimum absolute atomic E-state index is 0.236. The van der Waals surface area contributed by atoms with Crippen LogP contribution in [0.15, 0.2) is 36.5 Å². The zero-order valence-electron chi connectivity index (χ0n) is 15.8. The zero-order valence-corrected chi connectivity index (χ0v) is 15.8. The minimum atomic E-state index is 0.236. The minimum Gasteiger partial charge on any atom is -0.380 e. The fourth-order valence-electron chi connectivity index (χ4n) is 3.74. The van der Waals surface area contributed by atoms with Crippen molar-refractivity contribution in [2.24, 2.45) is 0 Å². The van der Waals surface area contributed by atoms with E-state index in [2.05, 4.69) is 89.5 Å². The van der Waals surface area contributed by atoms with Crippen molar-refractivity contribution in [2.75, 3.05) is 0 Å². The molecule has 0 fully saturated rings. The van der Waals surface area contributed by atoms with E-state index in [9.17, 15) is 0 Å². The van der Waals surface area contributed by atoms with E-state index in [0.29, 0.717) is 11.8 Å². The Morgan fingerprint density at radius 3 is 2.08 bits per heavy atom. The molecule has 1 heterocycles. The molecule has 1 unspecified atom stereocenters. The highest BCUT2D eigenvalue weighted by atomic mass is 14.9. The normalized spacial score (nSPS) is 16.4. The number of aryl methyl sites for hydroxylation is 2. The van der Waals surface area contributed by atoms with Gasteiger partial charge in [-0.3, -0.25) is 0 Å². The lowest BCUT2D eigenvalue weighted by Crippen LogP contribution is -2.22. The largest absolute Gasteiger partial charge is 0.380 e. The monoisotopic (exact) mass is 319 g/mol. The SMILES string of the molecule is Cc1cc(C)cc(C2NC=Cc3c(C(C)C)cc(C(C)C)cc32)c1.